The molecule has 2 aromatic rings. The third-order valence-electron chi connectivity index (χ3n) is 4.75. The summed E-state index contributed by atoms with van der Waals surface area (Å²) in [4.78, 5) is 18.8. The van der Waals surface area contributed by atoms with Gasteiger partial charge >= 0.3 is 0 Å². The first kappa shape index (κ1) is 12.8. The van der Waals surface area contributed by atoms with Crippen molar-refractivity contribution in [3.8, 4) is 0 Å². The van der Waals surface area contributed by atoms with Crippen LogP contribution in [0, 0.1) is 0 Å². The summed E-state index contributed by atoms with van der Waals surface area (Å²) in [5, 5.41) is 3.01. The highest BCUT2D eigenvalue weighted by atomic mass is 16.3. The van der Waals surface area contributed by atoms with Crippen LogP contribution in [-0.4, -0.2) is 34.4 Å². The van der Waals surface area contributed by atoms with E-state index in [4.69, 9.17) is 4.42 Å². The van der Waals surface area contributed by atoms with E-state index in [2.05, 4.69) is 22.1 Å². The first-order valence-electron chi connectivity index (χ1n) is 7.62. The van der Waals surface area contributed by atoms with Gasteiger partial charge in [-0.3, -0.25) is 9.69 Å². The van der Waals surface area contributed by atoms with Crippen LogP contribution in [0.5, 0.6) is 0 Å². The number of hydrogen-bond acceptors (Lipinski definition) is 4. The van der Waals surface area contributed by atoms with E-state index in [0.717, 1.165) is 36.4 Å². The maximum Gasteiger partial charge on any atom is 0.221 e. The second kappa shape index (κ2) is 4.84. The van der Waals surface area contributed by atoms with E-state index in [1.165, 1.54) is 0 Å². The minimum atomic E-state index is 0.0996. The van der Waals surface area contributed by atoms with Crippen molar-refractivity contribution >= 4 is 17.0 Å². The van der Waals surface area contributed by atoms with Crippen LogP contribution in [0.25, 0.3) is 11.1 Å². The second-order valence-electron chi connectivity index (χ2n) is 6.04. The Kier molecular flexibility index (Phi) is 2.96. The molecule has 2 bridgehead atoms. The van der Waals surface area contributed by atoms with E-state index in [-0.39, 0.29) is 11.9 Å². The predicted octanol–water partition coefficient (Wildman–Crippen LogP) is 2.24. The van der Waals surface area contributed by atoms with Crippen LogP contribution in [0.1, 0.15) is 38.1 Å². The summed E-state index contributed by atoms with van der Waals surface area (Å²) in [5.74, 6) is 0.916. The van der Waals surface area contributed by atoms with Gasteiger partial charge in [-0.05, 0) is 31.9 Å². The lowest BCUT2D eigenvalue weighted by molar-refractivity contribution is -0.121. The zero-order valence-corrected chi connectivity index (χ0v) is 12.1. The van der Waals surface area contributed by atoms with E-state index in [9.17, 15) is 4.79 Å². The molecule has 1 aromatic carbocycles. The molecule has 5 nitrogen and oxygen atoms in total. The number of nitrogens with zero attached hydrogens (tertiary/aromatic N) is 2. The molecule has 1 aromatic heterocycles. The quantitative estimate of drug-likeness (QED) is 0.919. The molecule has 0 aliphatic carbocycles. The van der Waals surface area contributed by atoms with Gasteiger partial charge in [-0.15, -0.1) is 0 Å². The lowest BCUT2D eigenvalue weighted by Crippen LogP contribution is -2.39. The average molecular weight is 285 g/mol. The topological polar surface area (TPSA) is 58.4 Å². The highest BCUT2D eigenvalue weighted by Gasteiger charge is 2.41. The molecule has 5 heteroatoms. The second-order valence-corrected chi connectivity index (χ2v) is 6.04. The van der Waals surface area contributed by atoms with Gasteiger partial charge in [0.25, 0.3) is 0 Å². The number of hydrogen-bond donors (Lipinski definition) is 1. The van der Waals surface area contributed by atoms with Crippen LogP contribution in [-0.2, 0) is 4.79 Å². The largest absolute Gasteiger partial charge is 0.439 e. The third kappa shape index (κ3) is 2.12. The number of fused-ring (bicyclic) bond motifs is 3. The minimum absolute atomic E-state index is 0.0996. The summed E-state index contributed by atoms with van der Waals surface area (Å²) in [5.41, 5.74) is 1.73. The molecular weight excluding hydrogens is 266 g/mol. The van der Waals surface area contributed by atoms with E-state index < -0.39 is 0 Å². The smallest absolute Gasteiger partial charge is 0.221 e. The van der Waals surface area contributed by atoms with Gasteiger partial charge in [-0.2, -0.15) is 0 Å². The zero-order chi connectivity index (χ0) is 14.4. The lowest BCUT2D eigenvalue weighted by Gasteiger charge is -2.31. The highest BCUT2D eigenvalue weighted by Crippen LogP contribution is 2.36. The number of carbonyl (C=O) groups is 1. The Bertz CT molecular complexity index is 648. The first-order chi connectivity index (χ1) is 10.2. The SMILES string of the molecule is CC(c1nc2ccccc2o1)N1C2CCC1CC(=O)NC2. The number of nitrogens with one attached hydrogen (secondary N) is 1. The molecule has 2 aliphatic heterocycles. The number of aromatic nitrogens is 1. The number of benzene rings is 1. The average Bonchev–Trinajstić information content (AvgIpc) is 3.03. The maximum atomic E-state index is 11.7. The Labute approximate surface area is 123 Å². The van der Waals surface area contributed by atoms with Crippen molar-refractivity contribution in [3.05, 3.63) is 30.2 Å². The molecule has 2 aliphatic rings. The number of carbonyl (C=O) groups excluding carboxylic acids is 1. The molecule has 4 rings (SSSR count). The molecule has 0 saturated carbocycles. The van der Waals surface area contributed by atoms with E-state index in [0.29, 0.717) is 18.5 Å². The van der Waals surface area contributed by atoms with Crippen molar-refractivity contribution in [1.29, 1.82) is 0 Å². The lowest BCUT2D eigenvalue weighted by atomic mass is 10.1. The van der Waals surface area contributed by atoms with Gasteiger partial charge < -0.3 is 9.73 Å². The number of para-hydroxylation sites is 2. The Hall–Kier alpha value is -1.88. The van der Waals surface area contributed by atoms with Crippen molar-refractivity contribution < 1.29 is 9.21 Å². The normalized spacial score (nSPS) is 27.6. The maximum absolute atomic E-state index is 11.7. The van der Waals surface area contributed by atoms with Crippen LogP contribution in [0.4, 0.5) is 0 Å². The Morgan fingerprint density at radius 2 is 2.14 bits per heavy atom. The zero-order valence-electron chi connectivity index (χ0n) is 12.1. The van der Waals surface area contributed by atoms with Crippen molar-refractivity contribution in [2.75, 3.05) is 6.54 Å². The number of amides is 1. The van der Waals surface area contributed by atoms with Gasteiger partial charge in [-0.25, -0.2) is 4.98 Å². The Morgan fingerprint density at radius 1 is 1.33 bits per heavy atom. The molecule has 0 spiro atoms. The summed E-state index contributed by atoms with van der Waals surface area (Å²) in [6.07, 6.45) is 2.80. The van der Waals surface area contributed by atoms with Crippen molar-refractivity contribution in [1.82, 2.24) is 15.2 Å². The predicted molar refractivity (Wildman–Crippen MR) is 78.7 cm³/mol. The monoisotopic (exact) mass is 285 g/mol. The fraction of sp³-hybridized carbons (Fsp3) is 0.500. The standard InChI is InChI=1S/C16H19N3O2/c1-10(16-18-13-4-2-3-5-14(13)21-16)19-11-6-7-12(19)9-17-15(20)8-11/h2-5,10-12H,6-9H2,1H3,(H,17,20). The molecule has 3 heterocycles. The number of oxazole rings is 1. The van der Waals surface area contributed by atoms with Crippen molar-refractivity contribution in [3.63, 3.8) is 0 Å². The van der Waals surface area contributed by atoms with Gasteiger partial charge in [0.15, 0.2) is 5.58 Å². The van der Waals surface area contributed by atoms with Crippen LogP contribution in [0.2, 0.25) is 0 Å². The molecule has 1 N–H and O–H groups in total. The van der Waals surface area contributed by atoms with Gasteiger partial charge in [0.05, 0.1) is 6.04 Å². The number of rotatable bonds is 2. The van der Waals surface area contributed by atoms with Gasteiger partial charge in [0, 0.05) is 25.0 Å². The molecule has 0 radical (unpaired) electrons. The van der Waals surface area contributed by atoms with E-state index in [1.807, 2.05) is 24.3 Å². The first-order valence-corrected chi connectivity index (χ1v) is 7.62. The molecule has 3 unspecified atom stereocenters. The van der Waals surface area contributed by atoms with E-state index in [1.54, 1.807) is 0 Å². The molecule has 1 amide bonds. The van der Waals surface area contributed by atoms with Crippen LogP contribution >= 0.6 is 0 Å². The molecular formula is C16H19N3O2. The highest BCUT2D eigenvalue weighted by molar-refractivity contribution is 5.77. The minimum Gasteiger partial charge on any atom is -0.439 e. The Morgan fingerprint density at radius 3 is 3.00 bits per heavy atom. The third-order valence-corrected chi connectivity index (χ3v) is 4.75. The van der Waals surface area contributed by atoms with Gasteiger partial charge in [0.1, 0.15) is 5.52 Å². The van der Waals surface area contributed by atoms with Crippen molar-refractivity contribution in [2.24, 2.45) is 0 Å². The van der Waals surface area contributed by atoms with Gasteiger partial charge in [0.2, 0.25) is 11.8 Å². The summed E-state index contributed by atoms with van der Waals surface area (Å²) < 4.78 is 5.92. The molecule has 21 heavy (non-hydrogen) atoms. The van der Waals surface area contributed by atoms with Gasteiger partial charge in [-0.1, -0.05) is 12.1 Å². The van der Waals surface area contributed by atoms with Crippen LogP contribution in [0.15, 0.2) is 28.7 Å². The summed E-state index contributed by atoms with van der Waals surface area (Å²) in [6.45, 7) is 2.87. The van der Waals surface area contributed by atoms with Crippen molar-refractivity contribution in [2.45, 2.75) is 44.3 Å². The summed E-state index contributed by atoms with van der Waals surface area (Å²) in [7, 11) is 0. The Balaban J connectivity index is 1.67. The summed E-state index contributed by atoms with van der Waals surface area (Å²) >= 11 is 0. The fourth-order valence-corrected chi connectivity index (χ4v) is 3.74. The van der Waals surface area contributed by atoms with Crippen LogP contribution < -0.4 is 5.32 Å². The molecule has 110 valence electrons. The molecule has 2 saturated heterocycles. The van der Waals surface area contributed by atoms with Crippen LogP contribution in [0.3, 0.4) is 0 Å². The molecule has 2 fully saturated rings. The summed E-state index contributed by atoms with van der Waals surface area (Å²) in [6, 6.07) is 8.65. The van der Waals surface area contributed by atoms with E-state index >= 15 is 0 Å². The fourth-order valence-electron chi connectivity index (χ4n) is 3.74. The molecule has 3 atom stereocenters.